The molecule has 122 valence electrons. The molecule has 1 heterocycles. The highest BCUT2D eigenvalue weighted by molar-refractivity contribution is 5.82. The molecule has 0 aromatic carbocycles. The topological polar surface area (TPSA) is 36.9 Å². The van der Waals surface area contributed by atoms with Gasteiger partial charge in [-0.25, -0.2) is 0 Å². The molecule has 0 aromatic rings. The zero-order valence-corrected chi connectivity index (χ0v) is 14.5. The second-order valence-corrected chi connectivity index (χ2v) is 7.64. The first-order valence-electron chi connectivity index (χ1n) is 8.52. The van der Waals surface area contributed by atoms with E-state index in [-0.39, 0.29) is 5.54 Å². The standard InChI is InChI=1S/C17H33N3O/c1-6-18-15(20-13-16(2,3)17(20,4)5)19-10-7-11-21-12-14-8-9-14/h14H,6-13H2,1-5H3,(H,18,19). The summed E-state index contributed by atoms with van der Waals surface area (Å²) in [5, 5.41) is 3.43. The molecule has 2 aliphatic rings. The predicted molar refractivity (Wildman–Crippen MR) is 88.7 cm³/mol. The molecule has 0 radical (unpaired) electrons. The molecule has 0 atom stereocenters. The minimum Gasteiger partial charge on any atom is -0.381 e. The summed E-state index contributed by atoms with van der Waals surface area (Å²) < 4.78 is 5.67. The Labute approximate surface area is 130 Å². The third-order valence-electron chi connectivity index (χ3n) is 5.23. The lowest BCUT2D eigenvalue weighted by Gasteiger charge is -2.62. The summed E-state index contributed by atoms with van der Waals surface area (Å²) in [5.41, 5.74) is 0.507. The SMILES string of the molecule is CCNC(=NCCCOCC1CC1)N1CC(C)(C)C1(C)C. The Kier molecular flexibility index (Phi) is 5.18. The number of nitrogens with zero attached hydrogens (tertiary/aromatic N) is 2. The number of hydrogen-bond acceptors (Lipinski definition) is 2. The molecule has 4 nitrogen and oxygen atoms in total. The summed E-state index contributed by atoms with van der Waals surface area (Å²) in [6.07, 6.45) is 3.74. The van der Waals surface area contributed by atoms with Crippen LogP contribution < -0.4 is 5.32 Å². The van der Waals surface area contributed by atoms with Crippen LogP contribution in [0.5, 0.6) is 0 Å². The quantitative estimate of drug-likeness (QED) is 0.446. The van der Waals surface area contributed by atoms with E-state index in [9.17, 15) is 0 Å². The van der Waals surface area contributed by atoms with Crippen molar-refractivity contribution >= 4 is 5.96 Å². The molecule has 0 aromatic heterocycles. The Balaban J connectivity index is 1.76. The number of ether oxygens (including phenoxy) is 1. The van der Waals surface area contributed by atoms with Gasteiger partial charge >= 0.3 is 0 Å². The van der Waals surface area contributed by atoms with Crippen molar-refractivity contribution in [3.05, 3.63) is 0 Å². The van der Waals surface area contributed by atoms with Crippen LogP contribution in [0.1, 0.15) is 53.9 Å². The molecule has 0 bridgehead atoms. The van der Waals surface area contributed by atoms with Crippen LogP contribution in [0.2, 0.25) is 0 Å². The first kappa shape index (κ1) is 16.6. The van der Waals surface area contributed by atoms with E-state index in [2.05, 4.69) is 44.8 Å². The fourth-order valence-corrected chi connectivity index (χ4v) is 2.68. The van der Waals surface area contributed by atoms with E-state index in [0.717, 1.165) is 51.1 Å². The van der Waals surface area contributed by atoms with Gasteiger partial charge in [-0.05, 0) is 46.0 Å². The molecule has 0 amide bonds. The number of aliphatic imine (C=N–C) groups is 1. The normalized spacial score (nSPS) is 23.9. The van der Waals surface area contributed by atoms with Crippen LogP contribution >= 0.6 is 0 Å². The Hall–Kier alpha value is -0.770. The van der Waals surface area contributed by atoms with Gasteiger partial charge in [-0.1, -0.05) is 13.8 Å². The molecule has 1 aliphatic heterocycles. The number of hydrogen-bond donors (Lipinski definition) is 1. The van der Waals surface area contributed by atoms with Gasteiger partial charge in [0.2, 0.25) is 0 Å². The number of guanidine groups is 1. The van der Waals surface area contributed by atoms with E-state index >= 15 is 0 Å². The fourth-order valence-electron chi connectivity index (χ4n) is 2.68. The Morgan fingerprint density at radius 3 is 2.52 bits per heavy atom. The second kappa shape index (κ2) is 6.55. The van der Waals surface area contributed by atoms with Crippen LogP contribution in [0.4, 0.5) is 0 Å². The molecular weight excluding hydrogens is 262 g/mol. The van der Waals surface area contributed by atoms with E-state index in [1.54, 1.807) is 0 Å². The highest BCUT2D eigenvalue weighted by Gasteiger charge is 2.53. The molecule has 4 heteroatoms. The summed E-state index contributed by atoms with van der Waals surface area (Å²) in [6.45, 7) is 16.0. The maximum Gasteiger partial charge on any atom is 0.194 e. The van der Waals surface area contributed by atoms with Crippen molar-refractivity contribution in [3.8, 4) is 0 Å². The zero-order chi connectivity index (χ0) is 15.5. The highest BCUT2D eigenvalue weighted by Crippen LogP contribution is 2.46. The molecular formula is C17H33N3O. The van der Waals surface area contributed by atoms with Gasteiger partial charge in [-0.3, -0.25) is 4.99 Å². The number of rotatable bonds is 7. The van der Waals surface area contributed by atoms with Crippen LogP contribution in [0, 0.1) is 11.3 Å². The van der Waals surface area contributed by atoms with Gasteiger partial charge in [-0.15, -0.1) is 0 Å². The van der Waals surface area contributed by atoms with Crippen LogP contribution in [-0.4, -0.2) is 49.2 Å². The predicted octanol–water partition coefficient (Wildman–Crippen LogP) is 2.89. The van der Waals surface area contributed by atoms with Gasteiger partial charge in [0.05, 0.1) is 0 Å². The van der Waals surface area contributed by atoms with Crippen molar-refractivity contribution in [1.29, 1.82) is 0 Å². The molecule has 0 spiro atoms. The molecule has 1 N–H and O–H groups in total. The average Bonchev–Trinajstić information content (AvgIpc) is 3.23. The van der Waals surface area contributed by atoms with Crippen molar-refractivity contribution in [3.63, 3.8) is 0 Å². The van der Waals surface area contributed by atoms with Gasteiger partial charge in [0.15, 0.2) is 5.96 Å². The molecule has 1 saturated carbocycles. The summed E-state index contributed by atoms with van der Waals surface area (Å²) in [5.74, 6) is 1.92. The minimum atomic E-state index is 0.163. The van der Waals surface area contributed by atoms with E-state index in [1.807, 2.05) is 0 Å². The van der Waals surface area contributed by atoms with E-state index in [0.29, 0.717) is 5.41 Å². The minimum absolute atomic E-state index is 0.163. The van der Waals surface area contributed by atoms with Crippen LogP contribution in [0.15, 0.2) is 4.99 Å². The Bertz CT molecular complexity index is 372. The van der Waals surface area contributed by atoms with Gasteiger partial charge in [0, 0.05) is 43.8 Å². The first-order chi connectivity index (χ1) is 9.88. The smallest absolute Gasteiger partial charge is 0.194 e. The molecule has 21 heavy (non-hydrogen) atoms. The maximum absolute atomic E-state index is 5.67. The summed E-state index contributed by atoms with van der Waals surface area (Å²) in [7, 11) is 0. The van der Waals surface area contributed by atoms with Gasteiger partial charge < -0.3 is 15.0 Å². The Morgan fingerprint density at radius 1 is 1.29 bits per heavy atom. The van der Waals surface area contributed by atoms with Crippen LogP contribution in [-0.2, 0) is 4.74 Å². The van der Waals surface area contributed by atoms with E-state index in [4.69, 9.17) is 9.73 Å². The summed E-state index contributed by atoms with van der Waals surface area (Å²) >= 11 is 0. The number of likely N-dealkylation sites (tertiary alicyclic amines) is 1. The summed E-state index contributed by atoms with van der Waals surface area (Å²) in [4.78, 5) is 7.18. The zero-order valence-electron chi connectivity index (χ0n) is 14.5. The second-order valence-electron chi connectivity index (χ2n) is 7.64. The van der Waals surface area contributed by atoms with Crippen molar-refractivity contribution in [2.75, 3.05) is 32.8 Å². The van der Waals surface area contributed by atoms with Crippen molar-refractivity contribution in [2.24, 2.45) is 16.3 Å². The Morgan fingerprint density at radius 2 is 2.00 bits per heavy atom. The third-order valence-corrected chi connectivity index (χ3v) is 5.23. The lowest BCUT2D eigenvalue weighted by atomic mass is 9.65. The highest BCUT2D eigenvalue weighted by atomic mass is 16.5. The van der Waals surface area contributed by atoms with Gasteiger partial charge in [0.25, 0.3) is 0 Å². The lowest BCUT2D eigenvalue weighted by molar-refractivity contribution is -0.0667. The van der Waals surface area contributed by atoms with Crippen LogP contribution in [0.3, 0.4) is 0 Å². The molecule has 2 fully saturated rings. The fraction of sp³-hybridized carbons (Fsp3) is 0.941. The molecule has 2 rings (SSSR count). The van der Waals surface area contributed by atoms with Crippen molar-refractivity contribution in [1.82, 2.24) is 10.2 Å². The third kappa shape index (κ3) is 3.91. The van der Waals surface area contributed by atoms with Gasteiger partial charge in [-0.2, -0.15) is 0 Å². The van der Waals surface area contributed by atoms with Gasteiger partial charge in [0.1, 0.15) is 0 Å². The lowest BCUT2D eigenvalue weighted by Crippen LogP contribution is -2.72. The van der Waals surface area contributed by atoms with Crippen molar-refractivity contribution < 1.29 is 4.74 Å². The van der Waals surface area contributed by atoms with Crippen LogP contribution in [0.25, 0.3) is 0 Å². The van der Waals surface area contributed by atoms with E-state index in [1.165, 1.54) is 12.8 Å². The van der Waals surface area contributed by atoms with Crippen molar-refractivity contribution in [2.45, 2.75) is 59.4 Å². The number of nitrogens with one attached hydrogen (secondary N) is 1. The average molecular weight is 295 g/mol. The molecule has 1 saturated heterocycles. The largest absolute Gasteiger partial charge is 0.381 e. The molecule has 0 unspecified atom stereocenters. The first-order valence-corrected chi connectivity index (χ1v) is 8.52. The van der Waals surface area contributed by atoms with E-state index < -0.39 is 0 Å². The summed E-state index contributed by atoms with van der Waals surface area (Å²) in [6, 6.07) is 0. The molecule has 1 aliphatic carbocycles. The monoisotopic (exact) mass is 295 g/mol. The maximum atomic E-state index is 5.67.